The van der Waals surface area contributed by atoms with Crippen molar-refractivity contribution < 1.29 is 4.79 Å². The molecule has 126 valence electrons. The molecular formula is C20H30N2O. The number of piperidine rings is 1. The molecule has 1 atom stereocenters. The van der Waals surface area contributed by atoms with Crippen molar-refractivity contribution in [2.75, 3.05) is 13.1 Å². The van der Waals surface area contributed by atoms with E-state index in [9.17, 15) is 4.79 Å². The first-order valence-corrected chi connectivity index (χ1v) is 9.58. The first kappa shape index (κ1) is 16.5. The molecule has 0 N–H and O–H groups in total. The van der Waals surface area contributed by atoms with Gasteiger partial charge in [-0.2, -0.15) is 0 Å². The van der Waals surface area contributed by atoms with Crippen LogP contribution >= 0.6 is 0 Å². The van der Waals surface area contributed by atoms with Crippen LogP contribution in [0.25, 0.3) is 0 Å². The van der Waals surface area contributed by atoms with E-state index < -0.39 is 0 Å². The summed E-state index contributed by atoms with van der Waals surface area (Å²) in [5.74, 6) is 0.436. The minimum atomic E-state index is 0.0758. The first-order valence-electron chi connectivity index (χ1n) is 9.58. The number of aryl methyl sites for hydroxylation is 1. The van der Waals surface area contributed by atoms with Crippen LogP contribution in [0.15, 0.2) is 18.5 Å². The number of rotatable bonds is 0. The Labute approximate surface area is 140 Å². The third kappa shape index (κ3) is 4.33. The molecule has 0 aliphatic carbocycles. The molecule has 3 heterocycles. The predicted molar refractivity (Wildman–Crippen MR) is 93.4 cm³/mol. The minimum Gasteiger partial charge on any atom is -0.342 e. The fraction of sp³-hybridized carbons (Fsp3) is 0.700. The largest absolute Gasteiger partial charge is 0.342 e. The highest BCUT2D eigenvalue weighted by atomic mass is 16.2. The number of pyridine rings is 1. The zero-order valence-corrected chi connectivity index (χ0v) is 14.3. The molecule has 0 radical (unpaired) electrons. The fourth-order valence-electron chi connectivity index (χ4n) is 4.12. The van der Waals surface area contributed by atoms with E-state index in [2.05, 4.69) is 16.0 Å². The van der Waals surface area contributed by atoms with Gasteiger partial charge in [0.25, 0.3) is 0 Å². The third-order valence-electron chi connectivity index (χ3n) is 5.47. The summed E-state index contributed by atoms with van der Waals surface area (Å²) in [6.07, 6.45) is 17.5. The number of fused-ring (bicyclic) bond motifs is 4. The third-order valence-corrected chi connectivity index (χ3v) is 5.47. The maximum Gasteiger partial charge on any atom is 0.230 e. The van der Waals surface area contributed by atoms with Gasteiger partial charge in [0.05, 0.1) is 5.92 Å². The van der Waals surface area contributed by atoms with Crippen molar-refractivity contribution in [1.29, 1.82) is 0 Å². The van der Waals surface area contributed by atoms with Crippen molar-refractivity contribution in [2.24, 2.45) is 0 Å². The topological polar surface area (TPSA) is 33.2 Å². The Morgan fingerprint density at radius 2 is 1.61 bits per heavy atom. The van der Waals surface area contributed by atoms with Crippen molar-refractivity contribution in [3.8, 4) is 0 Å². The van der Waals surface area contributed by atoms with E-state index in [-0.39, 0.29) is 5.92 Å². The van der Waals surface area contributed by atoms with Crippen LogP contribution in [0.2, 0.25) is 0 Å². The number of amides is 1. The number of carbonyl (C=O) groups is 1. The molecule has 2 bridgehead atoms. The Balaban J connectivity index is 1.79. The Morgan fingerprint density at radius 1 is 0.913 bits per heavy atom. The second kappa shape index (κ2) is 8.47. The summed E-state index contributed by atoms with van der Waals surface area (Å²) in [5.41, 5.74) is 2.56. The summed E-state index contributed by atoms with van der Waals surface area (Å²) >= 11 is 0. The van der Waals surface area contributed by atoms with Crippen molar-refractivity contribution in [1.82, 2.24) is 9.88 Å². The maximum absolute atomic E-state index is 12.9. The number of carbonyl (C=O) groups excluding carboxylic acids is 1. The average Bonchev–Trinajstić information content (AvgIpc) is 2.58. The van der Waals surface area contributed by atoms with Crippen LogP contribution in [0.3, 0.4) is 0 Å². The van der Waals surface area contributed by atoms with Crippen molar-refractivity contribution in [3.63, 3.8) is 0 Å². The van der Waals surface area contributed by atoms with E-state index in [0.717, 1.165) is 32.4 Å². The average molecular weight is 314 g/mol. The molecule has 1 fully saturated rings. The van der Waals surface area contributed by atoms with Crippen LogP contribution in [-0.2, 0) is 11.2 Å². The molecule has 3 heteroatoms. The smallest absolute Gasteiger partial charge is 0.230 e. The quantitative estimate of drug-likeness (QED) is 0.708. The minimum absolute atomic E-state index is 0.0758. The van der Waals surface area contributed by atoms with Crippen LogP contribution in [0.1, 0.15) is 81.3 Å². The Hall–Kier alpha value is -1.38. The molecule has 2 aliphatic rings. The van der Waals surface area contributed by atoms with Crippen LogP contribution in [-0.4, -0.2) is 28.9 Å². The Bertz CT molecular complexity index is 514. The zero-order chi connectivity index (χ0) is 15.9. The normalized spacial score (nSPS) is 24.4. The van der Waals surface area contributed by atoms with E-state index in [1.165, 1.54) is 62.5 Å². The monoisotopic (exact) mass is 314 g/mol. The van der Waals surface area contributed by atoms with Gasteiger partial charge in [-0.05, 0) is 49.3 Å². The van der Waals surface area contributed by atoms with Crippen LogP contribution in [0, 0.1) is 0 Å². The van der Waals surface area contributed by atoms with Crippen LogP contribution in [0.5, 0.6) is 0 Å². The van der Waals surface area contributed by atoms with Crippen molar-refractivity contribution >= 4 is 5.91 Å². The van der Waals surface area contributed by atoms with Crippen LogP contribution < -0.4 is 0 Å². The zero-order valence-electron chi connectivity index (χ0n) is 14.3. The van der Waals surface area contributed by atoms with E-state index in [1.807, 2.05) is 12.4 Å². The Kier molecular flexibility index (Phi) is 6.06. The fourth-order valence-corrected chi connectivity index (χ4v) is 4.12. The lowest BCUT2D eigenvalue weighted by Crippen LogP contribution is -2.40. The van der Waals surface area contributed by atoms with E-state index in [0.29, 0.717) is 5.91 Å². The molecule has 3 rings (SSSR count). The van der Waals surface area contributed by atoms with Gasteiger partial charge in [-0.25, -0.2) is 0 Å². The number of hydrogen-bond donors (Lipinski definition) is 0. The summed E-state index contributed by atoms with van der Waals surface area (Å²) in [4.78, 5) is 19.4. The van der Waals surface area contributed by atoms with Gasteiger partial charge in [-0.15, -0.1) is 0 Å². The number of aromatic nitrogens is 1. The van der Waals surface area contributed by atoms with Crippen LogP contribution in [0.4, 0.5) is 0 Å². The molecule has 3 nitrogen and oxygen atoms in total. The van der Waals surface area contributed by atoms with Gasteiger partial charge in [0.15, 0.2) is 0 Å². The SMILES string of the molecule is O=C1[C@H]2CCCN1CCCCCCCCCCc1cnccc12. The molecule has 0 saturated carbocycles. The van der Waals surface area contributed by atoms with Gasteiger partial charge >= 0.3 is 0 Å². The summed E-state index contributed by atoms with van der Waals surface area (Å²) in [7, 11) is 0. The molecule has 2 aliphatic heterocycles. The molecule has 0 spiro atoms. The summed E-state index contributed by atoms with van der Waals surface area (Å²) in [5, 5.41) is 0. The lowest BCUT2D eigenvalue weighted by atomic mass is 9.86. The van der Waals surface area contributed by atoms with Gasteiger partial charge in [0.2, 0.25) is 5.91 Å². The van der Waals surface area contributed by atoms with E-state index in [4.69, 9.17) is 0 Å². The molecule has 1 aromatic rings. The van der Waals surface area contributed by atoms with Gasteiger partial charge in [0, 0.05) is 25.5 Å². The number of hydrogen-bond acceptors (Lipinski definition) is 2. The summed E-state index contributed by atoms with van der Waals surface area (Å²) < 4.78 is 0. The molecule has 1 saturated heterocycles. The lowest BCUT2D eigenvalue weighted by Gasteiger charge is -2.33. The molecule has 1 aromatic heterocycles. The number of nitrogens with zero attached hydrogens (tertiary/aromatic N) is 2. The van der Waals surface area contributed by atoms with E-state index in [1.54, 1.807) is 0 Å². The van der Waals surface area contributed by atoms with Gasteiger partial charge in [0.1, 0.15) is 0 Å². The highest BCUT2D eigenvalue weighted by Crippen LogP contribution is 2.31. The standard InChI is InChI=1S/C20H30N2O/c23-20-19-11-9-15-22(20)14-8-6-4-2-1-3-5-7-10-17-16-21-13-12-18(17)19/h12-13,16,19H,1-11,14-15H2/t19-/m0/s1. The second-order valence-corrected chi connectivity index (χ2v) is 7.17. The molecular weight excluding hydrogens is 284 g/mol. The highest BCUT2D eigenvalue weighted by Gasteiger charge is 2.30. The second-order valence-electron chi connectivity index (χ2n) is 7.17. The summed E-state index contributed by atoms with van der Waals surface area (Å²) in [6, 6.07) is 2.10. The van der Waals surface area contributed by atoms with Gasteiger partial charge in [-0.3, -0.25) is 9.78 Å². The Morgan fingerprint density at radius 3 is 2.43 bits per heavy atom. The maximum atomic E-state index is 12.9. The van der Waals surface area contributed by atoms with E-state index >= 15 is 0 Å². The van der Waals surface area contributed by atoms with Crippen molar-refractivity contribution in [2.45, 2.75) is 76.5 Å². The molecule has 1 amide bonds. The highest BCUT2D eigenvalue weighted by molar-refractivity contribution is 5.84. The molecule has 0 aromatic carbocycles. The molecule has 23 heavy (non-hydrogen) atoms. The lowest BCUT2D eigenvalue weighted by molar-refractivity contribution is -0.135. The summed E-state index contributed by atoms with van der Waals surface area (Å²) in [6.45, 7) is 1.91. The van der Waals surface area contributed by atoms with Gasteiger partial charge < -0.3 is 4.90 Å². The van der Waals surface area contributed by atoms with Crippen molar-refractivity contribution in [3.05, 3.63) is 29.6 Å². The molecule has 0 unspecified atom stereocenters. The van der Waals surface area contributed by atoms with Gasteiger partial charge in [-0.1, -0.05) is 38.5 Å². The first-order chi connectivity index (χ1) is 11.4. The predicted octanol–water partition coefficient (Wildman–Crippen LogP) is 4.46.